The van der Waals surface area contributed by atoms with E-state index in [1.807, 2.05) is 0 Å². The van der Waals surface area contributed by atoms with Crippen LogP contribution >= 0.6 is 0 Å². The van der Waals surface area contributed by atoms with Gasteiger partial charge in [-0.3, -0.25) is 0 Å². The fourth-order valence-corrected chi connectivity index (χ4v) is 1.03. The van der Waals surface area contributed by atoms with Crippen molar-refractivity contribution in [3.05, 3.63) is 5.92 Å². The van der Waals surface area contributed by atoms with E-state index in [2.05, 4.69) is 0 Å². The van der Waals surface area contributed by atoms with Gasteiger partial charge in [-0.25, -0.2) is 5.92 Å². The highest BCUT2D eigenvalue weighted by molar-refractivity contribution is 5.35. The van der Waals surface area contributed by atoms with E-state index in [0.717, 1.165) is 0 Å². The van der Waals surface area contributed by atoms with E-state index in [-0.39, 0.29) is 5.92 Å². The predicted molar refractivity (Wildman–Crippen MR) is 47.4 cm³/mol. The van der Waals surface area contributed by atoms with Crippen LogP contribution in [0.1, 0.15) is 0 Å². The van der Waals surface area contributed by atoms with E-state index in [4.69, 9.17) is 31.6 Å². The third kappa shape index (κ3) is 2.47. The Kier molecular flexibility index (Phi) is 5.18. The van der Waals surface area contributed by atoms with Gasteiger partial charge in [0, 0.05) is 54.2 Å². The average Bonchev–Trinajstić information content (AvgIpc) is 2.33. The largest absolute Gasteiger partial charge is 0.221 e. The van der Waals surface area contributed by atoms with E-state index in [9.17, 15) is 0 Å². The molecule has 0 atom stereocenters. The SMILES string of the molecule is N#CC(C#N)[C-](C(C#N)C#N)C(C#N)C#N. The molecule has 0 aromatic carbocycles. The summed E-state index contributed by atoms with van der Waals surface area (Å²) in [4.78, 5) is 0. The van der Waals surface area contributed by atoms with Gasteiger partial charge in [0.2, 0.25) is 0 Å². The average molecular weight is 207 g/mol. The minimum atomic E-state index is -1.41. The van der Waals surface area contributed by atoms with Gasteiger partial charge in [0.05, 0.1) is 0 Å². The standard InChI is InChI=1S/C10H3N6/c11-1-7(2-12)10(8(3-13)4-14)9(5-15)6-16/h7-9H/q-1. The summed E-state index contributed by atoms with van der Waals surface area (Å²) >= 11 is 0. The number of nitrogens with zero attached hydrogens (tertiary/aromatic N) is 6. The Morgan fingerprint density at radius 2 is 0.688 bits per heavy atom. The summed E-state index contributed by atoms with van der Waals surface area (Å²) in [6.45, 7) is 0. The highest BCUT2D eigenvalue weighted by atomic mass is 14.5. The molecular weight excluding hydrogens is 204 g/mol. The molecule has 0 heterocycles. The highest BCUT2D eigenvalue weighted by Gasteiger charge is 2.23. The van der Waals surface area contributed by atoms with Crippen LogP contribution in [0, 0.1) is 91.7 Å². The van der Waals surface area contributed by atoms with Gasteiger partial charge in [-0.2, -0.15) is 31.6 Å². The minimum absolute atomic E-state index is 0.264. The lowest BCUT2D eigenvalue weighted by atomic mass is 9.76. The fraction of sp³-hybridized carbons (Fsp3) is 0.300. The lowest BCUT2D eigenvalue weighted by Crippen LogP contribution is -2.24. The normalized spacial score (nSPS) is 8.62. The molecule has 0 amide bonds. The third-order valence-electron chi connectivity index (χ3n) is 1.77. The smallest absolute Gasteiger partial charge is 0.0477 e. The van der Waals surface area contributed by atoms with Crippen LogP contribution in [0.5, 0.6) is 0 Å². The van der Waals surface area contributed by atoms with Gasteiger partial charge in [0.25, 0.3) is 0 Å². The Labute approximate surface area is 92.4 Å². The Bertz CT molecular complexity index is 376. The quantitative estimate of drug-likeness (QED) is 0.618. The second-order valence-corrected chi connectivity index (χ2v) is 2.57. The molecule has 0 aromatic heterocycles. The van der Waals surface area contributed by atoms with E-state index in [1.54, 1.807) is 36.4 Å². The van der Waals surface area contributed by atoms with Crippen LogP contribution in [0.15, 0.2) is 0 Å². The predicted octanol–water partition coefficient (Wildman–Crippen LogP) is 0.551. The van der Waals surface area contributed by atoms with E-state index in [1.165, 1.54) is 0 Å². The molecule has 0 aliphatic carbocycles. The number of rotatable bonds is 3. The van der Waals surface area contributed by atoms with Gasteiger partial charge >= 0.3 is 0 Å². The maximum atomic E-state index is 8.65. The molecule has 0 bridgehead atoms. The lowest BCUT2D eigenvalue weighted by Gasteiger charge is -2.32. The van der Waals surface area contributed by atoms with Crippen molar-refractivity contribution in [2.75, 3.05) is 0 Å². The van der Waals surface area contributed by atoms with Crippen molar-refractivity contribution in [3.8, 4) is 36.4 Å². The molecular formula is C10H3N6-. The Hall–Kier alpha value is -3.06. The van der Waals surface area contributed by atoms with Gasteiger partial charge < -0.3 is 0 Å². The van der Waals surface area contributed by atoms with Crippen LogP contribution in [0.25, 0.3) is 0 Å². The van der Waals surface area contributed by atoms with Gasteiger partial charge in [-0.15, -0.1) is 0 Å². The van der Waals surface area contributed by atoms with Crippen LogP contribution in [0.4, 0.5) is 0 Å². The monoisotopic (exact) mass is 207 g/mol. The molecule has 16 heavy (non-hydrogen) atoms. The molecule has 0 fully saturated rings. The summed E-state index contributed by atoms with van der Waals surface area (Å²) in [7, 11) is 0. The molecule has 0 aromatic rings. The molecule has 0 N–H and O–H groups in total. The molecule has 0 radical (unpaired) electrons. The third-order valence-corrected chi connectivity index (χ3v) is 1.77. The maximum Gasteiger partial charge on any atom is 0.0477 e. The van der Waals surface area contributed by atoms with Crippen molar-refractivity contribution in [2.24, 2.45) is 17.8 Å². The number of nitriles is 6. The van der Waals surface area contributed by atoms with Crippen molar-refractivity contribution in [1.82, 2.24) is 0 Å². The van der Waals surface area contributed by atoms with Crippen molar-refractivity contribution in [3.63, 3.8) is 0 Å². The second kappa shape index (κ2) is 6.40. The van der Waals surface area contributed by atoms with E-state index in [0.29, 0.717) is 0 Å². The molecule has 0 aliphatic heterocycles. The fourth-order valence-electron chi connectivity index (χ4n) is 1.03. The first-order valence-electron chi connectivity index (χ1n) is 3.94. The summed E-state index contributed by atoms with van der Waals surface area (Å²) in [5.41, 5.74) is 0. The van der Waals surface area contributed by atoms with Crippen LogP contribution in [0.3, 0.4) is 0 Å². The molecule has 0 rings (SSSR count). The van der Waals surface area contributed by atoms with E-state index >= 15 is 0 Å². The van der Waals surface area contributed by atoms with Crippen LogP contribution in [-0.2, 0) is 0 Å². The molecule has 0 aliphatic rings. The minimum Gasteiger partial charge on any atom is -0.221 e. The van der Waals surface area contributed by atoms with Crippen LogP contribution in [0.2, 0.25) is 0 Å². The Morgan fingerprint density at radius 3 is 0.812 bits per heavy atom. The highest BCUT2D eigenvalue weighted by Crippen LogP contribution is 2.30. The first kappa shape index (κ1) is 12.9. The van der Waals surface area contributed by atoms with Crippen molar-refractivity contribution in [2.45, 2.75) is 0 Å². The Morgan fingerprint density at radius 1 is 0.500 bits per heavy atom. The Balaban J connectivity index is 5.46. The molecule has 6 nitrogen and oxygen atoms in total. The zero-order valence-electron chi connectivity index (χ0n) is 7.92. The summed E-state index contributed by atoms with van der Waals surface area (Å²) in [5.74, 6) is -4.49. The van der Waals surface area contributed by atoms with Crippen molar-refractivity contribution >= 4 is 0 Å². The topological polar surface area (TPSA) is 143 Å². The van der Waals surface area contributed by atoms with Gasteiger partial charge in [-0.1, -0.05) is 0 Å². The lowest BCUT2D eigenvalue weighted by molar-refractivity contribution is 0.619. The molecule has 0 saturated carbocycles. The van der Waals surface area contributed by atoms with Crippen LogP contribution < -0.4 is 0 Å². The van der Waals surface area contributed by atoms with E-state index < -0.39 is 17.8 Å². The van der Waals surface area contributed by atoms with Gasteiger partial charge in [-0.05, 0) is 0 Å². The zero-order valence-corrected chi connectivity index (χ0v) is 7.92. The van der Waals surface area contributed by atoms with Gasteiger partial charge in [0.1, 0.15) is 0 Å². The van der Waals surface area contributed by atoms with Gasteiger partial charge in [0.15, 0.2) is 0 Å². The summed E-state index contributed by atoms with van der Waals surface area (Å²) in [5, 5.41) is 51.9. The van der Waals surface area contributed by atoms with Crippen molar-refractivity contribution in [1.29, 1.82) is 31.6 Å². The molecule has 0 saturated heterocycles. The molecule has 0 unspecified atom stereocenters. The number of hydrogen-bond donors (Lipinski definition) is 0. The first-order valence-corrected chi connectivity index (χ1v) is 3.94. The van der Waals surface area contributed by atoms with Crippen LogP contribution in [-0.4, -0.2) is 0 Å². The summed E-state index contributed by atoms with van der Waals surface area (Å²) in [6, 6.07) is 9.28. The van der Waals surface area contributed by atoms with Crippen molar-refractivity contribution < 1.29 is 0 Å². The summed E-state index contributed by atoms with van der Waals surface area (Å²) in [6.07, 6.45) is 0. The zero-order chi connectivity index (χ0) is 12.6. The second-order valence-electron chi connectivity index (χ2n) is 2.57. The molecule has 6 heteroatoms. The number of hydrogen-bond acceptors (Lipinski definition) is 6. The first-order chi connectivity index (χ1) is 7.69. The summed E-state index contributed by atoms with van der Waals surface area (Å²) < 4.78 is 0. The maximum absolute atomic E-state index is 8.65. The molecule has 0 spiro atoms. The molecule has 74 valence electrons.